The molecule has 0 fully saturated rings. The second-order valence-corrected chi connectivity index (χ2v) is 3.97. The minimum atomic E-state index is -0.265. The lowest BCUT2D eigenvalue weighted by Crippen LogP contribution is -2.01. The van der Waals surface area contributed by atoms with Crippen molar-refractivity contribution in [3.63, 3.8) is 0 Å². The van der Waals surface area contributed by atoms with E-state index >= 15 is 0 Å². The molecule has 102 valence electrons. The summed E-state index contributed by atoms with van der Waals surface area (Å²) in [7, 11) is 1.63. The van der Waals surface area contributed by atoms with Gasteiger partial charge in [-0.2, -0.15) is 4.98 Å². The molecule has 1 aromatic carbocycles. The van der Waals surface area contributed by atoms with Crippen LogP contribution >= 0.6 is 0 Å². The number of ether oxygens (including phenoxy) is 2. The highest BCUT2D eigenvalue weighted by Gasteiger charge is 2.08. The first-order valence-electron chi connectivity index (χ1n) is 5.96. The average molecular weight is 266 g/mol. The molecule has 6 heteroatoms. The zero-order valence-electron chi connectivity index (χ0n) is 10.6. The van der Waals surface area contributed by atoms with Gasteiger partial charge in [-0.05, 0) is 17.7 Å². The van der Waals surface area contributed by atoms with Gasteiger partial charge in [0.05, 0.1) is 6.61 Å². The molecule has 0 saturated heterocycles. The third kappa shape index (κ3) is 4.33. The molecule has 0 aliphatic heterocycles. The quantitative estimate of drug-likeness (QED) is 0.719. The molecule has 0 radical (unpaired) electrons. The number of benzene rings is 1. The maximum Gasteiger partial charge on any atom is 0.417 e. The molecule has 0 saturated carbocycles. The van der Waals surface area contributed by atoms with Crippen molar-refractivity contribution >= 4 is 0 Å². The predicted molar refractivity (Wildman–Crippen MR) is 65.5 cm³/mol. The summed E-state index contributed by atoms with van der Waals surface area (Å²) in [6.07, 6.45) is 1.38. The first kappa shape index (κ1) is 13.5. The fourth-order valence-corrected chi connectivity index (χ4v) is 1.52. The van der Waals surface area contributed by atoms with Gasteiger partial charge in [-0.3, -0.25) is 4.52 Å². The second kappa shape index (κ2) is 6.84. The molecule has 0 spiro atoms. The van der Waals surface area contributed by atoms with E-state index < -0.39 is 0 Å². The third-order valence-electron chi connectivity index (χ3n) is 2.44. The van der Waals surface area contributed by atoms with Gasteiger partial charge < -0.3 is 9.47 Å². The molecule has 0 unspecified atom stereocenters. The average Bonchev–Trinajstić information content (AvgIpc) is 2.85. The minimum absolute atomic E-state index is 0.146. The number of aromatic nitrogens is 2. The summed E-state index contributed by atoms with van der Waals surface area (Å²) in [6.45, 7) is 1.09. The Bertz CT molecular complexity index is 499. The zero-order valence-corrected chi connectivity index (χ0v) is 10.6. The zero-order chi connectivity index (χ0) is 13.5. The molecule has 0 aliphatic carbocycles. The Morgan fingerprint density at radius 2 is 2.00 bits per heavy atom. The second-order valence-electron chi connectivity index (χ2n) is 3.97. The molecule has 1 aromatic heterocycles. The van der Waals surface area contributed by atoms with E-state index in [9.17, 15) is 4.39 Å². The van der Waals surface area contributed by atoms with E-state index in [1.807, 2.05) is 0 Å². The van der Waals surface area contributed by atoms with Crippen molar-refractivity contribution in [2.24, 2.45) is 0 Å². The van der Waals surface area contributed by atoms with Crippen LogP contribution in [0.1, 0.15) is 17.8 Å². The summed E-state index contributed by atoms with van der Waals surface area (Å²) >= 11 is 0. The van der Waals surface area contributed by atoms with Crippen molar-refractivity contribution in [3.8, 4) is 6.08 Å². The van der Waals surface area contributed by atoms with Gasteiger partial charge in [-0.15, -0.1) is 0 Å². The first-order valence-corrected chi connectivity index (χ1v) is 5.96. The van der Waals surface area contributed by atoms with E-state index in [4.69, 9.17) is 14.0 Å². The van der Waals surface area contributed by atoms with E-state index in [1.54, 1.807) is 19.2 Å². The summed E-state index contributed by atoms with van der Waals surface area (Å²) in [6, 6.07) is 6.17. The van der Waals surface area contributed by atoms with Crippen molar-refractivity contribution in [1.82, 2.24) is 10.1 Å². The van der Waals surface area contributed by atoms with Crippen LogP contribution in [0.25, 0.3) is 0 Å². The number of halogens is 1. The van der Waals surface area contributed by atoms with Crippen molar-refractivity contribution in [2.75, 3.05) is 20.3 Å². The van der Waals surface area contributed by atoms with Crippen molar-refractivity contribution in [2.45, 2.75) is 12.8 Å². The highest BCUT2D eigenvalue weighted by Crippen LogP contribution is 2.11. The van der Waals surface area contributed by atoms with Crippen LogP contribution in [0, 0.1) is 5.82 Å². The summed E-state index contributed by atoms with van der Waals surface area (Å²) in [4.78, 5) is 4.09. The summed E-state index contributed by atoms with van der Waals surface area (Å²) in [5.41, 5.74) is 0.910. The number of methoxy groups -OCH3 is 1. The van der Waals surface area contributed by atoms with Gasteiger partial charge in [-0.25, -0.2) is 4.39 Å². The maximum atomic E-state index is 12.8. The van der Waals surface area contributed by atoms with Crippen molar-refractivity contribution in [1.29, 1.82) is 0 Å². The van der Waals surface area contributed by atoms with Gasteiger partial charge in [0.15, 0.2) is 5.82 Å². The Morgan fingerprint density at radius 1 is 1.21 bits per heavy atom. The smallest absolute Gasteiger partial charge is 0.417 e. The molecule has 19 heavy (non-hydrogen) atoms. The molecule has 0 N–H and O–H groups in total. The van der Waals surface area contributed by atoms with Gasteiger partial charge in [0.1, 0.15) is 5.82 Å². The van der Waals surface area contributed by atoms with E-state index in [1.165, 1.54) is 12.1 Å². The monoisotopic (exact) mass is 266 g/mol. The minimum Gasteiger partial charge on any atom is -0.449 e. The molecule has 0 bridgehead atoms. The Balaban J connectivity index is 1.85. The van der Waals surface area contributed by atoms with Crippen molar-refractivity contribution in [3.05, 3.63) is 41.5 Å². The van der Waals surface area contributed by atoms with Gasteiger partial charge in [0.25, 0.3) is 0 Å². The molecule has 2 rings (SSSR count). The van der Waals surface area contributed by atoms with E-state index in [-0.39, 0.29) is 11.9 Å². The van der Waals surface area contributed by atoms with Crippen LogP contribution in [0.15, 0.2) is 28.8 Å². The molecular formula is C13H15FN2O3. The van der Waals surface area contributed by atoms with Gasteiger partial charge in [0.2, 0.25) is 0 Å². The first-order chi connectivity index (χ1) is 9.28. The molecule has 0 aliphatic rings. The van der Waals surface area contributed by atoms with Gasteiger partial charge in [-0.1, -0.05) is 17.3 Å². The Labute approximate surface area is 110 Å². The highest BCUT2D eigenvalue weighted by molar-refractivity contribution is 5.19. The maximum absolute atomic E-state index is 12.8. The van der Waals surface area contributed by atoms with Crippen LogP contribution in [0.2, 0.25) is 0 Å². The van der Waals surface area contributed by atoms with E-state index in [0.29, 0.717) is 25.5 Å². The fourth-order valence-electron chi connectivity index (χ4n) is 1.52. The number of rotatable bonds is 7. The number of hydrogen-bond acceptors (Lipinski definition) is 5. The number of hydrogen-bond donors (Lipinski definition) is 0. The Hall–Kier alpha value is -1.95. The van der Waals surface area contributed by atoms with Crippen LogP contribution in [0.3, 0.4) is 0 Å². The third-order valence-corrected chi connectivity index (χ3v) is 2.44. The lowest BCUT2D eigenvalue weighted by molar-refractivity contribution is 0.150. The van der Waals surface area contributed by atoms with Crippen molar-refractivity contribution < 1.29 is 18.4 Å². The number of nitrogens with zero attached hydrogens (tertiary/aromatic N) is 2. The summed E-state index contributed by atoms with van der Waals surface area (Å²) < 4.78 is 27.9. The summed E-state index contributed by atoms with van der Waals surface area (Å²) in [5, 5.41) is 3.80. The predicted octanol–water partition coefficient (Wildman–Crippen LogP) is 2.21. The lowest BCUT2D eigenvalue weighted by Gasteiger charge is -1.98. The lowest BCUT2D eigenvalue weighted by atomic mass is 10.1. The van der Waals surface area contributed by atoms with Gasteiger partial charge >= 0.3 is 6.08 Å². The van der Waals surface area contributed by atoms with Gasteiger partial charge in [0, 0.05) is 26.6 Å². The SMILES string of the molecule is COCCCOc1nc(Cc2ccc(F)cc2)no1. The van der Waals surface area contributed by atoms with Crippen LogP contribution in [-0.2, 0) is 11.2 Å². The highest BCUT2D eigenvalue weighted by atomic mass is 19.1. The molecule has 1 heterocycles. The standard InChI is InChI=1S/C13H15FN2O3/c1-17-7-2-8-18-13-15-12(16-19-13)9-10-3-5-11(14)6-4-10/h3-6H,2,7-9H2,1H3. The van der Waals surface area contributed by atoms with Crippen LogP contribution < -0.4 is 4.74 Å². The van der Waals surface area contributed by atoms with E-state index in [2.05, 4.69) is 10.1 Å². The van der Waals surface area contributed by atoms with Crippen LogP contribution in [0.4, 0.5) is 4.39 Å². The molecular weight excluding hydrogens is 251 g/mol. The molecule has 2 aromatic rings. The summed E-state index contributed by atoms with van der Waals surface area (Å²) in [5.74, 6) is 0.243. The van der Waals surface area contributed by atoms with Crippen LogP contribution in [0.5, 0.6) is 6.08 Å². The topological polar surface area (TPSA) is 57.4 Å². The Kier molecular flexibility index (Phi) is 4.85. The van der Waals surface area contributed by atoms with Crippen LogP contribution in [-0.4, -0.2) is 30.5 Å². The fraction of sp³-hybridized carbons (Fsp3) is 0.385. The van der Waals surface area contributed by atoms with E-state index in [0.717, 1.165) is 12.0 Å². The normalized spacial score (nSPS) is 10.6. The largest absolute Gasteiger partial charge is 0.449 e. The Morgan fingerprint density at radius 3 is 2.74 bits per heavy atom. The molecule has 0 atom stereocenters. The molecule has 5 nitrogen and oxygen atoms in total. The molecule has 0 amide bonds.